The zero-order chi connectivity index (χ0) is 15.5. The van der Waals surface area contributed by atoms with Gasteiger partial charge in [-0.2, -0.15) is 4.31 Å². The third-order valence-corrected chi connectivity index (χ3v) is 5.05. The number of nitrogens with zero attached hydrogens (tertiary/aromatic N) is 2. The molecule has 0 atom stereocenters. The van der Waals surface area contributed by atoms with E-state index in [9.17, 15) is 8.42 Å². The zero-order valence-electron chi connectivity index (χ0n) is 11.4. The predicted octanol–water partition coefficient (Wildman–Crippen LogP) is 1.54. The predicted molar refractivity (Wildman–Crippen MR) is 85.2 cm³/mol. The number of rotatable bonds is 5. The monoisotopic (exact) mass is 321 g/mol. The summed E-state index contributed by atoms with van der Waals surface area (Å²) < 4.78 is 26.6. The van der Waals surface area contributed by atoms with E-state index in [1.807, 2.05) is 6.07 Å². The molecule has 5 nitrogen and oxygen atoms in total. The molecule has 0 spiro atoms. The van der Waals surface area contributed by atoms with Crippen molar-refractivity contribution in [2.45, 2.75) is 11.4 Å². The quantitative estimate of drug-likeness (QED) is 0.845. The first-order valence-corrected chi connectivity index (χ1v) is 8.02. The summed E-state index contributed by atoms with van der Waals surface area (Å²) in [5.41, 5.74) is 6.76. The molecule has 0 fully saturated rings. The van der Waals surface area contributed by atoms with Crippen LogP contribution in [-0.4, -0.2) is 29.7 Å². The number of hydrogen-bond donors (Lipinski definition) is 1. The van der Waals surface area contributed by atoms with Crippen LogP contribution in [0.25, 0.3) is 0 Å². The molecular weight excluding hydrogens is 306 g/mol. The van der Waals surface area contributed by atoms with Crippen LogP contribution in [0.2, 0.25) is 0 Å². The summed E-state index contributed by atoms with van der Waals surface area (Å²) in [6.45, 7) is 0.224. The molecule has 1 aromatic heterocycles. The lowest BCUT2D eigenvalue weighted by molar-refractivity contribution is 0.466. The van der Waals surface area contributed by atoms with E-state index in [1.165, 1.54) is 17.4 Å². The molecule has 7 heteroatoms. The van der Waals surface area contributed by atoms with Crippen LogP contribution in [0.1, 0.15) is 11.1 Å². The molecule has 2 N–H and O–H groups in total. The van der Waals surface area contributed by atoms with E-state index in [-0.39, 0.29) is 16.4 Å². The van der Waals surface area contributed by atoms with Gasteiger partial charge in [-0.25, -0.2) is 8.42 Å². The minimum atomic E-state index is -3.67. The van der Waals surface area contributed by atoms with Crippen LogP contribution in [-0.2, 0) is 16.6 Å². The largest absolute Gasteiger partial charge is 0.389 e. The number of sulfonamides is 1. The lowest BCUT2D eigenvalue weighted by Crippen LogP contribution is -2.28. The van der Waals surface area contributed by atoms with Crippen molar-refractivity contribution in [3.63, 3.8) is 0 Å². The van der Waals surface area contributed by atoms with Crippen molar-refractivity contribution in [2.24, 2.45) is 5.73 Å². The molecule has 110 valence electrons. The third kappa shape index (κ3) is 3.44. The topological polar surface area (TPSA) is 76.3 Å². The van der Waals surface area contributed by atoms with Crippen LogP contribution in [0.3, 0.4) is 0 Å². The minimum absolute atomic E-state index is 0.0592. The van der Waals surface area contributed by atoms with E-state index in [0.717, 1.165) is 5.56 Å². The van der Waals surface area contributed by atoms with Gasteiger partial charge in [-0.05, 0) is 17.7 Å². The number of benzene rings is 1. The molecule has 0 saturated heterocycles. The second kappa shape index (κ2) is 6.30. The number of thiocarbonyl (C=S) groups is 1. The van der Waals surface area contributed by atoms with Gasteiger partial charge in [0.15, 0.2) is 0 Å². The average molecular weight is 321 g/mol. The number of hydrogen-bond acceptors (Lipinski definition) is 4. The Hall–Kier alpha value is -1.83. The van der Waals surface area contributed by atoms with Gasteiger partial charge in [-0.1, -0.05) is 36.5 Å². The van der Waals surface area contributed by atoms with Crippen LogP contribution in [0.4, 0.5) is 0 Å². The maximum atomic E-state index is 12.7. The number of nitrogens with two attached hydrogens (primary N) is 1. The highest BCUT2D eigenvalue weighted by atomic mass is 32.2. The molecule has 0 bridgehead atoms. The Bertz CT molecular complexity index is 746. The molecule has 0 amide bonds. The summed E-state index contributed by atoms with van der Waals surface area (Å²) in [6.07, 6.45) is 3.27. The van der Waals surface area contributed by atoms with Crippen LogP contribution < -0.4 is 5.73 Å². The Morgan fingerprint density at radius 3 is 2.62 bits per heavy atom. The second-order valence-corrected chi connectivity index (χ2v) is 6.94. The maximum absolute atomic E-state index is 12.7. The smallest absolute Gasteiger partial charge is 0.243 e. The number of pyridine rings is 1. The molecule has 0 aliphatic carbocycles. The van der Waals surface area contributed by atoms with Crippen LogP contribution in [0.15, 0.2) is 53.7 Å². The minimum Gasteiger partial charge on any atom is -0.389 e. The Labute approximate surface area is 129 Å². The highest BCUT2D eigenvalue weighted by molar-refractivity contribution is 7.89. The van der Waals surface area contributed by atoms with E-state index in [1.54, 1.807) is 36.7 Å². The van der Waals surface area contributed by atoms with Crippen LogP contribution >= 0.6 is 12.2 Å². The average Bonchev–Trinajstić information content (AvgIpc) is 2.48. The molecule has 0 unspecified atom stereocenters. The maximum Gasteiger partial charge on any atom is 0.243 e. The summed E-state index contributed by atoms with van der Waals surface area (Å²) in [5.74, 6) is 0. The van der Waals surface area contributed by atoms with E-state index >= 15 is 0 Å². The molecule has 1 aromatic carbocycles. The number of aromatic nitrogens is 1. The van der Waals surface area contributed by atoms with Crippen molar-refractivity contribution in [3.8, 4) is 0 Å². The lowest BCUT2D eigenvalue weighted by Gasteiger charge is -2.19. The summed E-state index contributed by atoms with van der Waals surface area (Å²) in [4.78, 5) is 4.15. The van der Waals surface area contributed by atoms with Crippen LogP contribution in [0, 0.1) is 0 Å². The zero-order valence-corrected chi connectivity index (χ0v) is 13.1. The summed E-state index contributed by atoms with van der Waals surface area (Å²) >= 11 is 4.92. The van der Waals surface area contributed by atoms with Crippen molar-refractivity contribution in [3.05, 3.63) is 59.9 Å². The van der Waals surface area contributed by atoms with Gasteiger partial charge in [-0.3, -0.25) is 4.98 Å². The highest BCUT2D eigenvalue weighted by Gasteiger charge is 2.24. The first-order valence-electron chi connectivity index (χ1n) is 6.17. The lowest BCUT2D eigenvalue weighted by atomic mass is 10.2. The van der Waals surface area contributed by atoms with Gasteiger partial charge in [-0.15, -0.1) is 0 Å². The summed E-state index contributed by atoms with van der Waals surface area (Å²) in [5, 5.41) is 0. The van der Waals surface area contributed by atoms with E-state index < -0.39 is 10.0 Å². The SMILES string of the molecule is CN(Cc1cccnc1)S(=O)(=O)c1ccccc1C(N)=S. The molecule has 0 saturated carbocycles. The highest BCUT2D eigenvalue weighted by Crippen LogP contribution is 2.20. The van der Waals surface area contributed by atoms with Crippen molar-refractivity contribution >= 4 is 27.2 Å². The van der Waals surface area contributed by atoms with E-state index in [0.29, 0.717) is 5.56 Å². The summed E-state index contributed by atoms with van der Waals surface area (Å²) in [7, 11) is -2.16. The van der Waals surface area contributed by atoms with Crippen molar-refractivity contribution in [2.75, 3.05) is 7.05 Å². The Kier molecular flexibility index (Phi) is 4.66. The second-order valence-electron chi connectivity index (χ2n) is 4.48. The van der Waals surface area contributed by atoms with Gasteiger partial charge in [0.05, 0.1) is 4.90 Å². The van der Waals surface area contributed by atoms with Gasteiger partial charge in [0.25, 0.3) is 0 Å². The molecule has 21 heavy (non-hydrogen) atoms. The molecule has 0 aliphatic heterocycles. The van der Waals surface area contributed by atoms with Gasteiger partial charge in [0.2, 0.25) is 10.0 Å². The fraction of sp³-hybridized carbons (Fsp3) is 0.143. The molecule has 2 aromatic rings. The molecule has 0 radical (unpaired) electrons. The van der Waals surface area contributed by atoms with Crippen molar-refractivity contribution < 1.29 is 8.42 Å². The Morgan fingerprint density at radius 2 is 2.00 bits per heavy atom. The summed E-state index contributed by atoms with van der Waals surface area (Å²) in [6, 6.07) is 10.0. The molecule has 1 heterocycles. The molecule has 0 aliphatic rings. The van der Waals surface area contributed by atoms with Gasteiger partial charge < -0.3 is 5.73 Å². The van der Waals surface area contributed by atoms with Crippen molar-refractivity contribution in [1.29, 1.82) is 0 Å². The standard InChI is InChI=1S/C14H15N3O2S2/c1-17(10-11-5-4-8-16-9-11)21(18,19)13-7-3-2-6-12(13)14(15)20/h2-9H,10H2,1H3,(H2,15,20). The Balaban J connectivity index is 2.36. The first kappa shape index (κ1) is 15.6. The molecular formula is C14H15N3O2S2. The van der Waals surface area contributed by atoms with Gasteiger partial charge >= 0.3 is 0 Å². The fourth-order valence-corrected chi connectivity index (χ4v) is 3.50. The van der Waals surface area contributed by atoms with Crippen molar-refractivity contribution in [1.82, 2.24) is 9.29 Å². The fourth-order valence-electron chi connectivity index (χ4n) is 1.90. The first-order chi connectivity index (χ1) is 9.93. The Morgan fingerprint density at radius 1 is 1.29 bits per heavy atom. The normalized spacial score (nSPS) is 11.5. The van der Waals surface area contributed by atoms with Gasteiger partial charge in [0, 0.05) is 31.5 Å². The van der Waals surface area contributed by atoms with Gasteiger partial charge in [0.1, 0.15) is 4.99 Å². The van der Waals surface area contributed by atoms with E-state index in [4.69, 9.17) is 18.0 Å². The van der Waals surface area contributed by atoms with Crippen LogP contribution in [0.5, 0.6) is 0 Å². The van der Waals surface area contributed by atoms with E-state index in [2.05, 4.69) is 4.98 Å². The third-order valence-electron chi connectivity index (χ3n) is 2.97. The molecule has 2 rings (SSSR count).